The molecule has 6 aliphatic heterocycles. The van der Waals surface area contributed by atoms with Crippen molar-refractivity contribution >= 4 is 151 Å². The van der Waals surface area contributed by atoms with Crippen molar-refractivity contribution < 1.29 is 112 Å². The Bertz CT molecular complexity index is 6110. The third-order valence-corrected chi connectivity index (χ3v) is 30.0. The summed E-state index contributed by atoms with van der Waals surface area (Å²) in [7, 11) is 1.13. The van der Waals surface area contributed by atoms with Crippen LogP contribution in [0.2, 0.25) is 0 Å². The van der Waals surface area contributed by atoms with Gasteiger partial charge in [0.05, 0.1) is 88.4 Å². The van der Waals surface area contributed by atoms with Gasteiger partial charge in [-0.05, 0) is 105 Å². The number of anilines is 3. The summed E-state index contributed by atoms with van der Waals surface area (Å²) in [6.45, 7) is -22.5. The largest absolute Gasteiger partial charge is 0.383 e. The molecule has 0 radical (unpaired) electrons. The second kappa shape index (κ2) is 37.4. The molecule has 0 spiro atoms. The van der Waals surface area contributed by atoms with Gasteiger partial charge >= 0.3 is 63.1 Å². The van der Waals surface area contributed by atoms with Crippen LogP contribution in [-0.4, -0.2) is 220 Å². The van der Waals surface area contributed by atoms with Crippen molar-refractivity contribution in [3.05, 3.63) is 145 Å². The molecule has 50 nitrogen and oxygen atoms in total. The van der Waals surface area contributed by atoms with E-state index in [2.05, 4.69) is 49.8 Å². The molecule has 8 aromatic rings. The Hall–Kier alpha value is -5.64. The molecule has 14 rings (SSSR count). The van der Waals surface area contributed by atoms with Crippen LogP contribution in [0.4, 0.5) is 17.5 Å². The normalized spacial score (nSPS) is 29.7. The van der Waals surface area contributed by atoms with Gasteiger partial charge in [0, 0.05) is 92.7 Å². The first kappa shape index (κ1) is 93.5. The van der Waals surface area contributed by atoms with Crippen LogP contribution >= 0.6 is 40.3 Å². The fourth-order valence-corrected chi connectivity index (χ4v) is 22.5. The quantitative estimate of drug-likeness (QED) is 0.0246. The molecule has 6 fully saturated rings. The lowest BCUT2D eigenvalue weighted by atomic mass is 10.2. The number of aromatic nitrogens is 16. The summed E-state index contributed by atoms with van der Waals surface area (Å²) in [5, 5.41) is 0. The monoisotopic (exact) mass is 1950 g/mol. The van der Waals surface area contributed by atoms with E-state index in [1.807, 2.05) is 0 Å². The molecule has 0 saturated carbocycles. The highest BCUT2D eigenvalue weighted by atomic mass is 32.5. The highest BCUT2D eigenvalue weighted by Crippen LogP contribution is 2.57. The van der Waals surface area contributed by atoms with Crippen molar-refractivity contribution in [2.45, 2.75) is 184 Å². The number of rotatable bonds is 34. The highest BCUT2D eigenvalue weighted by molar-refractivity contribution is 8.08. The topological polar surface area (TPSA) is 652 Å². The van der Waals surface area contributed by atoms with Crippen LogP contribution in [0.1, 0.15) is 105 Å². The number of nitrogens with zero attached hydrogens (tertiary/aromatic N) is 13. The Labute approximate surface area is 722 Å². The number of ether oxygens (including phenoxy) is 6. The van der Waals surface area contributed by atoms with Crippen molar-refractivity contribution in [1.29, 1.82) is 0 Å². The third kappa shape index (κ3) is 21.9. The zero-order chi connectivity index (χ0) is 88.5. The molecule has 15 N–H and O–H groups in total. The number of H-pyrrole nitrogens is 3. The fraction of sp³-hybridized carbons (Fsp3) is 0.574. The molecule has 62 heteroatoms. The molecule has 0 bridgehead atoms. The number of hydrogen-bond donors (Lipinski definition) is 12. The average molecular weight is 1950 g/mol. The van der Waals surface area contributed by atoms with E-state index < -0.39 is 223 Å². The van der Waals surface area contributed by atoms with Crippen LogP contribution in [0.3, 0.4) is 0 Å². The molecule has 6 unspecified atom stereocenters. The summed E-state index contributed by atoms with van der Waals surface area (Å²) in [5.74, 6) is 0.0332. The van der Waals surface area contributed by atoms with E-state index in [0.717, 1.165) is 20.8 Å². The first-order chi connectivity index (χ1) is 57.9. The van der Waals surface area contributed by atoms with Gasteiger partial charge in [-0.15, -0.1) is 0 Å². The molecule has 0 aromatic carbocycles. The molecule has 0 aliphatic carbocycles. The predicted octanol–water partition coefficient (Wildman–Crippen LogP) is 0.640. The highest BCUT2D eigenvalue weighted by Gasteiger charge is 2.50. The molecule has 24 atom stereocenters. The van der Waals surface area contributed by atoms with Gasteiger partial charge in [-0.1, -0.05) is 0 Å². The molecule has 14 heterocycles. The summed E-state index contributed by atoms with van der Waals surface area (Å²) < 4.78 is 116. The lowest BCUT2D eigenvalue weighted by Crippen LogP contribution is -2.33. The van der Waals surface area contributed by atoms with Crippen LogP contribution in [-0.2, 0) is 154 Å². The summed E-state index contributed by atoms with van der Waals surface area (Å²) in [5.41, 5.74) is 14.3. The molecular formula is C61H81N19O31P6S6. The number of nitrogens with one attached hydrogen (secondary N) is 3. The van der Waals surface area contributed by atoms with E-state index >= 15 is 0 Å². The Morgan fingerprint density at radius 1 is 0.390 bits per heavy atom. The van der Waals surface area contributed by atoms with Gasteiger partial charge in [-0.2, -0.15) is 4.98 Å². The van der Waals surface area contributed by atoms with E-state index in [9.17, 15) is 62.9 Å². The number of aryl methyl sites for hydroxylation is 4. The van der Waals surface area contributed by atoms with Crippen LogP contribution in [0.25, 0.3) is 22.3 Å². The number of hydrogen-bond acceptors (Lipinski definition) is 41. The summed E-state index contributed by atoms with van der Waals surface area (Å²) in [4.78, 5) is 197. The van der Waals surface area contributed by atoms with E-state index in [1.54, 1.807) is 13.8 Å². The van der Waals surface area contributed by atoms with Crippen molar-refractivity contribution in [3.63, 3.8) is 0 Å². The zero-order valence-corrected chi connectivity index (χ0v) is 75.1. The predicted molar refractivity (Wildman–Crippen MR) is 447 cm³/mol. The Kier molecular flexibility index (Phi) is 28.5. The average Bonchev–Trinajstić information content (AvgIpc) is 1.61. The molecule has 0 amide bonds. The molecular weight excluding hydrogens is 1870 g/mol. The van der Waals surface area contributed by atoms with Crippen molar-refractivity contribution in [1.82, 2.24) is 77.2 Å². The summed E-state index contributed by atoms with van der Waals surface area (Å²) in [6.07, 6.45) is -12.9. The zero-order valence-electron chi connectivity index (χ0n) is 64.9. The minimum absolute atomic E-state index is 0.0145. The van der Waals surface area contributed by atoms with E-state index in [0.29, 0.717) is 5.56 Å². The molecule has 672 valence electrons. The number of nitrogens with two attached hydrogens (primary N) is 3. The van der Waals surface area contributed by atoms with Crippen LogP contribution in [0, 0.1) is 27.7 Å². The Balaban J connectivity index is 0.668. The van der Waals surface area contributed by atoms with Crippen molar-refractivity contribution in [2.75, 3.05) is 57.3 Å². The smallest absolute Gasteiger partial charge is 0.351 e. The maximum atomic E-state index is 13.5. The van der Waals surface area contributed by atoms with E-state index in [-0.39, 0.29) is 95.0 Å². The maximum absolute atomic E-state index is 13.5. The van der Waals surface area contributed by atoms with Gasteiger partial charge in [-0.3, -0.25) is 56.7 Å². The van der Waals surface area contributed by atoms with Crippen LogP contribution in [0.5, 0.6) is 0 Å². The Morgan fingerprint density at radius 2 is 0.667 bits per heavy atom. The van der Waals surface area contributed by atoms with Crippen LogP contribution < -0.4 is 56.6 Å². The number of fused-ring (bicyclic) bond motifs is 2. The fourth-order valence-electron chi connectivity index (χ4n) is 14.2. The van der Waals surface area contributed by atoms with Gasteiger partial charge in [0.25, 0.3) is 16.7 Å². The first-order valence-corrected chi connectivity index (χ1v) is 52.4. The summed E-state index contributed by atoms with van der Waals surface area (Å²) in [6, 6.07) is 0. The third-order valence-electron chi connectivity index (χ3n) is 20.3. The molecule has 123 heavy (non-hydrogen) atoms. The second-order valence-corrected chi connectivity index (χ2v) is 45.6. The minimum atomic E-state index is -4.70. The van der Waals surface area contributed by atoms with Crippen molar-refractivity contribution in [2.24, 2.45) is 0 Å². The second-order valence-electron chi connectivity index (χ2n) is 28.8. The van der Waals surface area contributed by atoms with Gasteiger partial charge < -0.3 is 129 Å². The maximum Gasteiger partial charge on any atom is 0.351 e. The lowest BCUT2D eigenvalue weighted by Gasteiger charge is -2.28. The Morgan fingerprint density at radius 3 is 0.992 bits per heavy atom. The molecule has 6 aliphatic rings. The van der Waals surface area contributed by atoms with Crippen LogP contribution in [0.15, 0.2) is 83.7 Å². The minimum Gasteiger partial charge on any atom is -0.383 e. The van der Waals surface area contributed by atoms with E-state index in [1.165, 1.54) is 84.6 Å². The molecule has 6 saturated heterocycles. The standard InChI is InChI=1S/C61H81N19O31P6S6/c1-26-13-75(58(84)71-50(26)62)43-8-32(107-112(88,118)94-6)37(101-43)17-96-116(92,122)111-36-12-47(80-25-70-49-52(64)66-23-68-54(49)80)105-41(36)21-99-115(91,121)109-34-10-45(78-16-29(4)57(83)74-61(78)87)102-38(34)18-97-114(90,120)108-33-9-44(77-15-28(3)56(82)73-60(77)86)103-39(33)19-98-117(93,123)110-35-11-46(79-24-69-48-51(63)65-22-67-53(48)79)104-40(35)20-95-113(89,119)106-31-7-42(100-30(31)5)76-14-27(2)55(81)72-59(76)85/h13-16,22-25,30-47H,7-12,17-21H2,1-6H3,(H,88,118)(H,89,119)(H,90,120)(H,91,121)(H,92,122)(H,93,123)(H2,62,71,84)(H2,63,65,67)(H2,64,66,68)(H,72,81,85)(H,73,82,86)(H,74,83,87)/t30-,31-,32-,33-,34-,35-,36-,37-,38-,39-,40-,41-,42-,43-,44-,45-,46-,47-,112?,113?,114?,115?,116?,117?/m1/s1. The summed E-state index contributed by atoms with van der Waals surface area (Å²) >= 11 is 33.1. The van der Waals surface area contributed by atoms with Crippen molar-refractivity contribution in [3.8, 4) is 0 Å². The van der Waals surface area contributed by atoms with Gasteiger partial charge in [0.1, 0.15) is 97.4 Å². The number of aromatic amines is 3. The molecule has 8 aromatic heterocycles. The SMILES string of the molecule is COP(O)(=S)O[C@@H]1C[C@H](n2cc(C)c(N)nc2=O)O[C@@H]1COP(O)(=S)O[C@@H]1C[C@H](n2cnc3c(N)ncnc32)O[C@@H]1COP(O)(=S)O[C@@H]1C[C@H](n2cc(C)c(=O)[nH]c2=O)O[C@@H]1COP(O)(=S)O[C@@H]1C[C@H](n2cc(C)c(=O)[nH]c2=O)O[C@@H]1COP(O)(=S)O[C@@H]1C[C@H](n2cnc3c(N)ncnc32)O[C@@H]1COP(O)(=S)O[C@@H]1C[C@H](n2cc(C)c(=O)[nH]c2=O)O[C@@H]1C. The van der Waals surface area contributed by atoms with Gasteiger partial charge in [-0.25, -0.2) is 49.1 Å². The number of imidazole rings is 2. The van der Waals surface area contributed by atoms with Gasteiger partial charge in [0.15, 0.2) is 22.9 Å². The van der Waals surface area contributed by atoms with E-state index in [4.69, 9.17) is 171 Å². The lowest BCUT2D eigenvalue weighted by molar-refractivity contribution is -0.0570. The number of nitrogen functional groups attached to an aromatic ring is 3. The van der Waals surface area contributed by atoms with Gasteiger partial charge in [0.2, 0.25) is 0 Å². The first-order valence-electron chi connectivity index (χ1n) is 36.8.